The third-order valence-corrected chi connectivity index (χ3v) is 6.84. The normalized spacial score (nSPS) is 10.9. The standard InChI is InChI=1S/C29H29FN2O3S/c1-35-17-6-16-31(29(34)27-11-4-8-23-7-2-3-10-26(23)27)21-28(33)32(20-25-9-5-18-36-25)19-22-12-14-24(30)15-13-22/h2-5,7-15,18H,6,16-17,19-21H2,1H3. The van der Waals surface area contributed by atoms with Gasteiger partial charge in [-0.3, -0.25) is 9.59 Å². The lowest BCUT2D eigenvalue weighted by molar-refractivity contribution is -0.133. The Labute approximate surface area is 214 Å². The van der Waals surface area contributed by atoms with Crippen molar-refractivity contribution in [3.05, 3.63) is 106 Å². The lowest BCUT2D eigenvalue weighted by Crippen LogP contribution is -2.43. The number of benzene rings is 3. The van der Waals surface area contributed by atoms with Crippen molar-refractivity contribution in [3.63, 3.8) is 0 Å². The van der Waals surface area contributed by atoms with Gasteiger partial charge < -0.3 is 14.5 Å². The van der Waals surface area contributed by atoms with E-state index in [0.717, 1.165) is 21.2 Å². The molecule has 0 N–H and O–H groups in total. The van der Waals surface area contributed by atoms with Crippen LogP contribution in [0.4, 0.5) is 4.39 Å². The molecule has 3 aromatic carbocycles. The van der Waals surface area contributed by atoms with E-state index in [2.05, 4.69) is 0 Å². The molecule has 0 aliphatic rings. The highest BCUT2D eigenvalue weighted by atomic mass is 32.1. The van der Waals surface area contributed by atoms with Crippen molar-refractivity contribution < 1.29 is 18.7 Å². The van der Waals surface area contributed by atoms with Crippen LogP contribution in [0.25, 0.3) is 10.8 Å². The maximum absolute atomic E-state index is 13.7. The second kappa shape index (κ2) is 12.4. The van der Waals surface area contributed by atoms with Crippen LogP contribution in [0.15, 0.2) is 84.2 Å². The summed E-state index contributed by atoms with van der Waals surface area (Å²) in [6.45, 7) is 1.57. The lowest BCUT2D eigenvalue weighted by Gasteiger charge is -2.28. The molecule has 0 saturated carbocycles. The van der Waals surface area contributed by atoms with Gasteiger partial charge in [0.1, 0.15) is 12.4 Å². The van der Waals surface area contributed by atoms with E-state index in [1.54, 1.807) is 46.4 Å². The fourth-order valence-electron chi connectivity index (χ4n) is 4.13. The molecule has 186 valence electrons. The summed E-state index contributed by atoms with van der Waals surface area (Å²) in [5.41, 5.74) is 1.40. The van der Waals surface area contributed by atoms with Crippen LogP contribution in [0.2, 0.25) is 0 Å². The Hall–Kier alpha value is -3.55. The predicted molar refractivity (Wildman–Crippen MR) is 141 cm³/mol. The molecule has 0 saturated heterocycles. The molecular formula is C29H29FN2O3S. The quantitative estimate of drug-likeness (QED) is 0.245. The van der Waals surface area contributed by atoms with Gasteiger partial charge in [0.25, 0.3) is 5.91 Å². The highest BCUT2D eigenvalue weighted by Gasteiger charge is 2.24. The van der Waals surface area contributed by atoms with Gasteiger partial charge in [-0.1, -0.05) is 54.6 Å². The van der Waals surface area contributed by atoms with E-state index in [4.69, 9.17) is 4.74 Å². The average Bonchev–Trinajstić information content (AvgIpc) is 3.41. The first kappa shape index (κ1) is 25.5. The van der Waals surface area contributed by atoms with Crippen molar-refractivity contribution in [2.45, 2.75) is 19.5 Å². The maximum atomic E-state index is 13.7. The number of thiophene rings is 1. The first-order valence-corrected chi connectivity index (χ1v) is 12.7. The molecule has 7 heteroatoms. The third-order valence-electron chi connectivity index (χ3n) is 5.98. The molecule has 0 unspecified atom stereocenters. The predicted octanol–water partition coefficient (Wildman–Crippen LogP) is 5.75. The van der Waals surface area contributed by atoms with Gasteiger partial charge in [-0.15, -0.1) is 11.3 Å². The minimum atomic E-state index is -0.320. The number of nitrogens with zero attached hydrogens (tertiary/aromatic N) is 2. The number of hydrogen-bond acceptors (Lipinski definition) is 4. The van der Waals surface area contributed by atoms with Gasteiger partial charge in [0.15, 0.2) is 0 Å². The molecule has 0 spiro atoms. The van der Waals surface area contributed by atoms with E-state index in [1.807, 2.05) is 53.9 Å². The average molecular weight is 505 g/mol. The SMILES string of the molecule is COCCCN(CC(=O)N(Cc1ccc(F)cc1)Cc1cccs1)C(=O)c1cccc2ccccc12. The summed E-state index contributed by atoms with van der Waals surface area (Å²) in [4.78, 5) is 31.7. The van der Waals surface area contributed by atoms with Crippen LogP contribution in [0, 0.1) is 5.82 Å². The first-order valence-electron chi connectivity index (χ1n) is 11.9. The highest BCUT2D eigenvalue weighted by molar-refractivity contribution is 7.09. The van der Waals surface area contributed by atoms with E-state index in [0.29, 0.717) is 38.2 Å². The van der Waals surface area contributed by atoms with Crippen molar-refractivity contribution in [1.82, 2.24) is 9.80 Å². The summed E-state index contributed by atoms with van der Waals surface area (Å²) in [5.74, 6) is -0.673. The molecule has 2 amide bonds. The zero-order valence-electron chi connectivity index (χ0n) is 20.2. The molecule has 1 heterocycles. The summed E-state index contributed by atoms with van der Waals surface area (Å²) >= 11 is 1.57. The van der Waals surface area contributed by atoms with E-state index >= 15 is 0 Å². The first-order chi connectivity index (χ1) is 17.5. The van der Waals surface area contributed by atoms with Crippen molar-refractivity contribution in [3.8, 4) is 0 Å². The van der Waals surface area contributed by atoms with Crippen LogP contribution in [0.3, 0.4) is 0 Å². The number of carbonyl (C=O) groups is 2. The molecule has 0 atom stereocenters. The molecule has 4 aromatic rings. The summed E-state index contributed by atoms with van der Waals surface area (Å²) in [5, 5.41) is 3.80. The monoisotopic (exact) mass is 504 g/mol. The van der Waals surface area contributed by atoms with Crippen molar-refractivity contribution in [2.75, 3.05) is 26.8 Å². The zero-order chi connectivity index (χ0) is 25.3. The fourth-order valence-corrected chi connectivity index (χ4v) is 4.85. The van der Waals surface area contributed by atoms with Crippen LogP contribution >= 0.6 is 11.3 Å². The second-order valence-corrected chi connectivity index (χ2v) is 9.59. The Morgan fingerprint density at radius 1 is 0.889 bits per heavy atom. The highest BCUT2D eigenvalue weighted by Crippen LogP contribution is 2.21. The summed E-state index contributed by atoms with van der Waals surface area (Å²) in [6.07, 6.45) is 0.614. The Kier molecular flexibility index (Phi) is 8.81. The van der Waals surface area contributed by atoms with Crippen LogP contribution < -0.4 is 0 Å². The molecule has 0 fully saturated rings. The van der Waals surface area contributed by atoms with Crippen LogP contribution in [-0.2, 0) is 22.6 Å². The maximum Gasteiger partial charge on any atom is 0.254 e. The number of ether oxygens (including phenoxy) is 1. The van der Waals surface area contributed by atoms with Crippen molar-refractivity contribution in [2.24, 2.45) is 0 Å². The minimum absolute atomic E-state index is 0.0572. The molecule has 5 nitrogen and oxygen atoms in total. The van der Waals surface area contributed by atoms with E-state index in [-0.39, 0.29) is 24.2 Å². The van der Waals surface area contributed by atoms with Crippen LogP contribution in [0.5, 0.6) is 0 Å². The largest absolute Gasteiger partial charge is 0.385 e. The minimum Gasteiger partial charge on any atom is -0.385 e. The molecule has 0 bridgehead atoms. The van der Waals surface area contributed by atoms with Gasteiger partial charge >= 0.3 is 0 Å². The Balaban J connectivity index is 1.58. The summed E-state index contributed by atoms with van der Waals surface area (Å²) < 4.78 is 18.6. The molecule has 0 aliphatic heterocycles. The van der Waals surface area contributed by atoms with E-state index in [9.17, 15) is 14.0 Å². The molecule has 0 aliphatic carbocycles. The van der Waals surface area contributed by atoms with Crippen molar-refractivity contribution >= 4 is 33.9 Å². The number of rotatable bonds is 11. The number of fused-ring (bicyclic) bond motifs is 1. The van der Waals surface area contributed by atoms with Crippen molar-refractivity contribution in [1.29, 1.82) is 0 Å². The number of halogens is 1. The van der Waals surface area contributed by atoms with Gasteiger partial charge in [0.05, 0.1) is 6.54 Å². The van der Waals surface area contributed by atoms with Gasteiger partial charge in [0.2, 0.25) is 5.91 Å². The number of amides is 2. The van der Waals surface area contributed by atoms with Gasteiger partial charge in [-0.05, 0) is 52.4 Å². The topological polar surface area (TPSA) is 49.9 Å². The Morgan fingerprint density at radius 2 is 1.67 bits per heavy atom. The fraction of sp³-hybridized carbons (Fsp3) is 0.241. The number of carbonyl (C=O) groups excluding carboxylic acids is 2. The van der Waals surface area contributed by atoms with Gasteiger partial charge in [0, 0.05) is 37.2 Å². The molecular weight excluding hydrogens is 475 g/mol. The van der Waals surface area contributed by atoms with E-state index < -0.39 is 0 Å². The van der Waals surface area contributed by atoms with Gasteiger partial charge in [-0.25, -0.2) is 4.39 Å². The second-order valence-electron chi connectivity index (χ2n) is 8.56. The third kappa shape index (κ3) is 6.56. The number of hydrogen-bond donors (Lipinski definition) is 0. The smallest absolute Gasteiger partial charge is 0.254 e. The zero-order valence-corrected chi connectivity index (χ0v) is 21.0. The molecule has 4 rings (SSSR count). The Bertz CT molecular complexity index is 1290. The van der Waals surface area contributed by atoms with Gasteiger partial charge in [-0.2, -0.15) is 0 Å². The summed E-state index contributed by atoms with van der Waals surface area (Å²) in [7, 11) is 1.62. The summed E-state index contributed by atoms with van der Waals surface area (Å²) in [6, 6.07) is 23.5. The molecule has 1 aromatic heterocycles. The van der Waals surface area contributed by atoms with Crippen LogP contribution in [0.1, 0.15) is 27.2 Å². The molecule has 36 heavy (non-hydrogen) atoms. The lowest BCUT2D eigenvalue weighted by atomic mass is 10.0. The van der Waals surface area contributed by atoms with Crippen LogP contribution in [-0.4, -0.2) is 48.4 Å². The number of methoxy groups -OCH3 is 1. The Morgan fingerprint density at radius 3 is 2.42 bits per heavy atom. The van der Waals surface area contributed by atoms with E-state index in [1.165, 1.54) is 12.1 Å². The molecule has 0 radical (unpaired) electrons.